The number of aliphatic hydroxyl groups excluding tert-OH is 1. The van der Waals surface area contributed by atoms with E-state index in [1.807, 2.05) is 4.90 Å². The van der Waals surface area contributed by atoms with Crippen LogP contribution in [0.4, 0.5) is 13.6 Å². The summed E-state index contributed by atoms with van der Waals surface area (Å²) in [5, 5.41) is 17.4. The lowest BCUT2D eigenvalue weighted by atomic mass is 9.86. The topological polar surface area (TPSA) is 117 Å². The van der Waals surface area contributed by atoms with Gasteiger partial charge in [-0.25, -0.2) is 22.0 Å². The summed E-state index contributed by atoms with van der Waals surface area (Å²) in [6.45, 7) is 8.19. The second kappa shape index (κ2) is 10.5. The average molecular weight is 556 g/mol. The van der Waals surface area contributed by atoms with Gasteiger partial charge in [0.2, 0.25) is 0 Å². The van der Waals surface area contributed by atoms with Crippen LogP contribution in [0, 0.1) is 11.6 Å². The highest BCUT2D eigenvalue weighted by Crippen LogP contribution is 2.37. The van der Waals surface area contributed by atoms with Crippen molar-refractivity contribution in [1.29, 1.82) is 0 Å². The fraction of sp³-hybridized carbons (Fsp3) is 0.600. The van der Waals surface area contributed by atoms with Gasteiger partial charge in [0.15, 0.2) is 0 Å². The lowest BCUT2D eigenvalue weighted by Gasteiger charge is -2.47. The molecular weight excluding hydrogens is 520 g/mol. The van der Waals surface area contributed by atoms with E-state index in [0.29, 0.717) is 31.7 Å². The predicted octanol–water partition coefficient (Wildman–Crippen LogP) is 2.37. The van der Waals surface area contributed by atoms with Gasteiger partial charge in [-0.05, 0) is 52.3 Å². The van der Waals surface area contributed by atoms with Crippen molar-refractivity contribution in [3.63, 3.8) is 0 Å². The number of hydrogen-bond acceptors (Lipinski definition) is 8. The van der Waals surface area contributed by atoms with Crippen LogP contribution in [0.1, 0.15) is 57.0 Å². The Hall–Kier alpha value is -2.61. The molecule has 0 radical (unpaired) electrons. The lowest BCUT2D eigenvalue weighted by molar-refractivity contribution is 0.000205. The minimum Gasteiger partial charge on any atom is -0.444 e. The molecule has 3 heterocycles. The molecule has 1 aromatic heterocycles. The lowest BCUT2D eigenvalue weighted by Crippen LogP contribution is -2.59. The van der Waals surface area contributed by atoms with Crippen molar-refractivity contribution in [1.82, 2.24) is 24.3 Å². The zero-order valence-corrected chi connectivity index (χ0v) is 23.0. The third kappa shape index (κ3) is 6.50. The highest BCUT2D eigenvalue weighted by atomic mass is 32.2. The Morgan fingerprint density at radius 1 is 1.29 bits per heavy atom. The molecule has 13 heteroatoms. The Labute approximate surface area is 221 Å². The van der Waals surface area contributed by atoms with E-state index in [1.54, 1.807) is 27.7 Å². The number of piperidine rings is 1. The van der Waals surface area contributed by atoms with E-state index in [9.17, 15) is 22.7 Å². The number of fused-ring (bicyclic) bond motifs is 1. The highest BCUT2D eigenvalue weighted by Gasteiger charge is 2.43. The summed E-state index contributed by atoms with van der Waals surface area (Å²) in [7, 11) is -3.50. The normalized spacial score (nSPS) is 23.7. The zero-order chi connectivity index (χ0) is 28.0. The first-order valence-electron chi connectivity index (χ1n) is 12.5. The summed E-state index contributed by atoms with van der Waals surface area (Å²) in [6, 6.07) is 1.62. The van der Waals surface area contributed by atoms with Crippen molar-refractivity contribution in [3.8, 4) is 0 Å². The van der Waals surface area contributed by atoms with Crippen LogP contribution in [0.15, 0.2) is 24.4 Å². The standard InChI is InChI=1S/C25H35F2N5O5S/c1-15(33)10-31-13-18(30-11-16-12-32(38(5,35)36)29-22(16)14-30)9-21(28-24(34)37-25(2,3)4)23(31)19-8-17(26)6-7-20(19)27/h6-8,12,15,18,21,23,33H,9-11,13-14H2,1-5H3,(H,28,34)/t15-,18+,21-,23+/m0/s1. The maximum absolute atomic E-state index is 15.0. The van der Waals surface area contributed by atoms with Gasteiger partial charge in [-0.15, -0.1) is 0 Å². The van der Waals surface area contributed by atoms with E-state index in [4.69, 9.17) is 4.74 Å². The molecule has 1 fully saturated rings. The van der Waals surface area contributed by atoms with Crippen molar-refractivity contribution in [2.45, 2.75) is 77.0 Å². The largest absolute Gasteiger partial charge is 0.444 e. The Bertz CT molecular complexity index is 1270. The summed E-state index contributed by atoms with van der Waals surface area (Å²) in [6.07, 6.45) is 1.51. The van der Waals surface area contributed by atoms with Gasteiger partial charge in [-0.2, -0.15) is 9.19 Å². The molecule has 38 heavy (non-hydrogen) atoms. The predicted molar refractivity (Wildman–Crippen MR) is 136 cm³/mol. The molecule has 1 saturated heterocycles. The van der Waals surface area contributed by atoms with E-state index >= 15 is 4.39 Å². The van der Waals surface area contributed by atoms with Crippen LogP contribution in [-0.4, -0.2) is 81.7 Å². The number of halogens is 2. The molecule has 1 aromatic carbocycles. The smallest absolute Gasteiger partial charge is 0.407 e. The van der Waals surface area contributed by atoms with Crippen LogP contribution in [-0.2, 0) is 27.8 Å². The number of nitrogens with one attached hydrogen (secondary N) is 1. The molecule has 4 rings (SSSR count). The fourth-order valence-electron chi connectivity index (χ4n) is 5.26. The number of alkyl carbamates (subject to hydrolysis) is 1. The number of carbonyl (C=O) groups excluding carboxylic acids is 1. The molecule has 210 valence electrons. The van der Waals surface area contributed by atoms with Crippen molar-refractivity contribution in [2.24, 2.45) is 0 Å². The van der Waals surface area contributed by atoms with Crippen LogP contribution in [0.3, 0.4) is 0 Å². The van der Waals surface area contributed by atoms with E-state index in [0.717, 1.165) is 34.1 Å². The molecule has 2 N–H and O–H groups in total. The summed E-state index contributed by atoms with van der Waals surface area (Å²) < 4.78 is 59.5. The number of likely N-dealkylation sites (tertiary alicyclic amines) is 1. The minimum atomic E-state index is -3.50. The maximum Gasteiger partial charge on any atom is 0.407 e. The number of ether oxygens (including phenoxy) is 1. The van der Waals surface area contributed by atoms with Crippen LogP contribution < -0.4 is 5.32 Å². The van der Waals surface area contributed by atoms with Gasteiger partial charge >= 0.3 is 6.09 Å². The SMILES string of the molecule is C[C@H](O)CN1C[C@H](N2Cc3cn(S(C)(=O)=O)nc3C2)C[C@H](NC(=O)OC(C)(C)C)[C@H]1c1cc(F)ccc1F. The second-order valence-corrected chi connectivity index (χ2v) is 13.0. The Morgan fingerprint density at radius 3 is 2.61 bits per heavy atom. The van der Waals surface area contributed by atoms with Gasteiger partial charge in [-0.3, -0.25) is 9.80 Å². The van der Waals surface area contributed by atoms with Crippen molar-refractivity contribution in [3.05, 3.63) is 52.9 Å². The zero-order valence-electron chi connectivity index (χ0n) is 22.2. The number of amides is 1. The maximum atomic E-state index is 15.0. The van der Waals surface area contributed by atoms with Gasteiger partial charge < -0.3 is 15.2 Å². The number of benzene rings is 1. The molecule has 0 saturated carbocycles. The molecule has 2 aliphatic heterocycles. The highest BCUT2D eigenvalue weighted by molar-refractivity contribution is 7.89. The molecule has 0 aliphatic carbocycles. The van der Waals surface area contributed by atoms with Gasteiger partial charge in [0.25, 0.3) is 10.0 Å². The second-order valence-electron chi connectivity index (χ2n) is 11.2. The van der Waals surface area contributed by atoms with Gasteiger partial charge in [0.05, 0.1) is 30.1 Å². The van der Waals surface area contributed by atoms with Gasteiger partial charge in [0, 0.05) is 49.5 Å². The Morgan fingerprint density at radius 2 is 2.00 bits per heavy atom. The Kier molecular flexibility index (Phi) is 7.86. The van der Waals surface area contributed by atoms with E-state index in [2.05, 4.69) is 15.3 Å². The first-order chi connectivity index (χ1) is 17.6. The van der Waals surface area contributed by atoms with E-state index in [1.165, 1.54) is 6.20 Å². The van der Waals surface area contributed by atoms with Gasteiger partial charge in [0.1, 0.15) is 17.2 Å². The number of nitrogens with zero attached hydrogens (tertiary/aromatic N) is 4. The van der Waals surface area contributed by atoms with Gasteiger partial charge in [-0.1, -0.05) is 0 Å². The monoisotopic (exact) mass is 555 g/mol. The fourth-order valence-corrected chi connectivity index (χ4v) is 5.82. The first-order valence-corrected chi connectivity index (χ1v) is 14.3. The van der Waals surface area contributed by atoms with E-state index < -0.39 is 51.5 Å². The number of β-amino-alcohol motifs (C(OH)–C–C–N with tert-alkyl or cyclic N) is 1. The molecule has 2 aliphatic rings. The van der Waals surface area contributed by atoms with Crippen molar-refractivity contribution < 1.29 is 31.8 Å². The molecular formula is C25H35F2N5O5S. The molecule has 10 nitrogen and oxygen atoms in total. The average Bonchev–Trinajstić information content (AvgIpc) is 3.33. The molecule has 1 amide bonds. The summed E-state index contributed by atoms with van der Waals surface area (Å²) in [5.41, 5.74) is 0.749. The Balaban J connectivity index is 1.65. The molecule has 0 bridgehead atoms. The van der Waals surface area contributed by atoms with Crippen LogP contribution in [0.5, 0.6) is 0 Å². The number of aliphatic hydroxyl groups is 1. The summed E-state index contributed by atoms with van der Waals surface area (Å²) in [5.74, 6) is -1.22. The molecule has 2 aromatic rings. The van der Waals surface area contributed by atoms with Crippen LogP contribution in [0.25, 0.3) is 0 Å². The van der Waals surface area contributed by atoms with Crippen molar-refractivity contribution >= 4 is 16.1 Å². The van der Waals surface area contributed by atoms with E-state index in [-0.39, 0.29) is 18.2 Å². The summed E-state index contributed by atoms with van der Waals surface area (Å²) in [4.78, 5) is 16.8. The number of carbonyl (C=O) groups is 1. The first kappa shape index (κ1) is 28.4. The third-order valence-electron chi connectivity index (χ3n) is 6.66. The number of hydrogen-bond donors (Lipinski definition) is 2. The number of aromatic nitrogens is 2. The molecule has 0 spiro atoms. The number of rotatable bonds is 6. The summed E-state index contributed by atoms with van der Waals surface area (Å²) >= 11 is 0. The quantitative estimate of drug-likeness (QED) is 0.558. The third-order valence-corrected chi connectivity index (χ3v) is 7.53. The minimum absolute atomic E-state index is 0.0827. The van der Waals surface area contributed by atoms with Crippen LogP contribution in [0.2, 0.25) is 0 Å². The van der Waals surface area contributed by atoms with Crippen LogP contribution >= 0.6 is 0 Å². The van der Waals surface area contributed by atoms with Crippen molar-refractivity contribution in [2.75, 3.05) is 19.3 Å². The molecule has 4 atom stereocenters. The molecule has 0 unspecified atom stereocenters.